The van der Waals surface area contributed by atoms with Gasteiger partial charge in [0.1, 0.15) is 0 Å². The fourth-order valence-corrected chi connectivity index (χ4v) is 1.56. The molecular formula is C9H19I. The first-order valence-electron chi connectivity index (χ1n) is 4.37. The summed E-state index contributed by atoms with van der Waals surface area (Å²) in [5, 5.41) is 0. The molecule has 0 spiro atoms. The standard InChI is InChI=1S/C9H19I/c1-3-4-6-9(2)7-5-8-10/h9H,3-8H2,1-2H3. The first kappa shape index (κ1) is 10.7. The van der Waals surface area contributed by atoms with E-state index in [1.807, 2.05) is 0 Å². The van der Waals surface area contributed by atoms with Crippen molar-refractivity contribution in [1.82, 2.24) is 0 Å². The molecule has 0 aliphatic rings. The van der Waals surface area contributed by atoms with Crippen molar-refractivity contribution in [2.45, 2.75) is 46.0 Å². The summed E-state index contributed by atoms with van der Waals surface area (Å²) in [5.41, 5.74) is 0. The Morgan fingerprint density at radius 3 is 2.30 bits per heavy atom. The Balaban J connectivity index is 3.00. The van der Waals surface area contributed by atoms with Gasteiger partial charge in [-0.2, -0.15) is 0 Å². The van der Waals surface area contributed by atoms with Crippen molar-refractivity contribution in [1.29, 1.82) is 0 Å². The highest BCUT2D eigenvalue weighted by molar-refractivity contribution is 14.1. The van der Waals surface area contributed by atoms with Gasteiger partial charge in [-0.05, 0) is 23.2 Å². The highest BCUT2D eigenvalue weighted by atomic mass is 127. The average Bonchev–Trinajstić information content (AvgIpc) is 1.97. The first-order chi connectivity index (χ1) is 4.81. The van der Waals surface area contributed by atoms with Crippen LogP contribution in [0, 0.1) is 5.92 Å². The Bertz CT molecular complexity index is 53.7. The summed E-state index contributed by atoms with van der Waals surface area (Å²) in [6, 6.07) is 0. The zero-order valence-electron chi connectivity index (χ0n) is 7.20. The molecule has 0 amide bonds. The van der Waals surface area contributed by atoms with E-state index in [9.17, 15) is 0 Å². The molecule has 0 aromatic rings. The van der Waals surface area contributed by atoms with E-state index in [-0.39, 0.29) is 0 Å². The fourth-order valence-electron chi connectivity index (χ4n) is 1.12. The predicted molar refractivity (Wildman–Crippen MR) is 56.8 cm³/mol. The molecule has 0 N–H and O–H groups in total. The fraction of sp³-hybridized carbons (Fsp3) is 1.00. The Morgan fingerprint density at radius 1 is 1.20 bits per heavy atom. The molecule has 0 radical (unpaired) electrons. The van der Waals surface area contributed by atoms with Crippen LogP contribution in [-0.4, -0.2) is 4.43 Å². The smallest absolute Gasteiger partial charge is 0.000463 e. The molecule has 0 aromatic carbocycles. The van der Waals surface area contributed by atoms with Crippen LogP contribution in [0.2, 0.25) is 0 Å². The first-order valence-corrected chi connectivity index (χ1v) is 5.89. The highest BCUT2D eigenvalue weighted by Gasteiger charge is 1.99. The van der Waals surface area contributed by atoms with Crippen LogP contribution in [0.4, 0.5) is 0 Å². The van der Waals surface area contributed by atoms with Gasteiger partial charge >= 0.3 is 0 Å². The number of unbranched alkanes of at least 4 members (excludes halogenated alkanes) is 1. The summed E-state index contributed by atoms with van der Waals surface area (Å²) in [5.74, 6) is 0.967. The molecule has 1 heteroatoms. The van der Waals surface area contributed by atoms with Gasteiger partial charge in [0, 0.05) is 0 Å². The maximum absolute atomic E-state index is 2.46. The zero-order valence-corrected chi connectivity index (χ0v) is 9.36. The molecule has 62 valence electrons. The summed E-state index contributed by atoms with van der Waals surface area (Å²) in [7, 11) is 0. The Morgan fingerprint density at radius 2 is 1.80 bits per heavy atom. The third-order valence-corrected chi connectivity index (χ3v) is 2.64. The van der Waals surface area contributed by atoms with Crippen LogP contribution in [0.15, 0.2) is 0 Å². The number of rotatable bonds is 6. The summed E-state index contributed by atoms with van der Waals surface area (Å²) in [6.45, 7) is 4.65. The van der Waals surface area contributed by atoms with E-state index in [0.29, 0.717) is 0 Å². The van der Waals surface area contributed by atoms with Crippen LogP contribution in [0.25, 0.3) is 0 Å². The Kier molecular flexibility index (Phi) is 8.40. The van der Waals surface area contributed by atoms with E-state index in [1.54, 1.807) is 0 Å². The molecule has 0 bridgehead atoms. The predicted octanol–water partition coefficient (Wildman–Crippen LogP) is 4.03. The molecule has 0 aromatic heterocycles. The van der Waals surface area contributed by atoms with Gasteiger partial charge in [0.25, 0.3) is 0 Å². The normalized spacial score (nSPS) is 13.5. The van der Waals surface area contributed by atoms with Gasteiger partial charge in [-0.3, -0.25) is 0 Å². The van der Waals surface area contributed by atoms with Gasteiger partial charge in [-0.25, -0.2) is 0 Å². The van der Waals surface area contributed by atoms with E-state index < -0.39 is 0 Å². The van der Waals surface area contributed by atoms with E-state index in [4.69, 9.17) is 0 Å². The number of hydrogen-bond acceptors (Lipinski definition) is 0. The minimum Gasteiger partial charge on any atom is -0.0864 e. The zero-order chi connectivity index (χ0) is 7.82. The van der Waals surface area contributed by atoms with Crippen LogP contribution < -0.4 is 0 Å². The van der Waals surface area contributed by atoms with Crippen molar-refractivity contribution in [3.8, 4) is 0 Å². The van der Waals surface area contributed by atoms with E-state index in [0.717, 1.165) is 5.92 Å². The van der Waals surface area contributed by atoms with Crippen LogP contribution in [-0.2, 0) is 0 Å². The van der Waals surface area contributed by atoms with E-state index in [1.165, 1.54) is 36.5 Å². The van der Waals surface area contributed by atoms with Crippen molar-refractivity contribution in [3.05, 3.63) is 0 Å². The largest absolute Gasteiger partial charge is 0.0864 e. The van der Waals surface area contributed by atoms with Crippen molar-refractivity contribution in [3.63, 3.8) is 0 Å². The molecule has 0 aliphatic heterocycles. The van der Waals surface area contributed by atoms with Crippen molar-refractivity contribution in [2.75, 3.05) is 4.43 Å². The molecule has 10 heavy (non-hydrogen) atoms. The van der Waals surface area contributed by atoms with Crippen LogP contribution in [0.5, 0.6) is 0 Å². The van der Waals surface area contributed by atoms with Crippen LogP contribution >= 0.6 is 22.6 Å². The third kappa shape index (κ3) is 6.84. The SMILES string of the molecule is CCCCC(C)CCCI. The van der Waals surface area contributed by atoms with Crippen molar-refractivity contribution >= 4 is 22.6 Å². The molecule has 0 saturated heterocycles. The lowest BCUT2D eigenvalue weighted by atomic mass is 10.00. The summed E-state index contributed by atoms with van der Waals surface area (Å²) >= 11 is 2.46. The maximum Gasteiger partial charge on any atom is -0.000463 e. The summed E-state index contributed by atoms with van der Waals surface area (Å²) in [4.78, 5) is 0. The molecule has 1 atom stereocenters. The van der Waals surface area contributed by atoms with Gasteiger partial charge in [0.2, 0.25) is 0 Å². The lowest BCUT2D eigenvalue weighted by Crippen LogP contribution is -1.94. The number of alkyl halides is 1. The molecule has 0 heterocycles. The molecule has 0 nitrogen and oxygen atoms in total. The van der Waals surface area contributed by atoms with Gasteiger partial charge in [-0.15, -0.1) is 0 Å². The number of halogens is 1. The second-order valence-electron chi connectivity index (χ2n) is 3.08. The van der Waals surface area contributed by atoms with Crippen molar-refractivity contribution < 1.29 is 0 Å². The molecular weight excluding hydrogens is 235 g/mol. The Labute approximate surface area is 78.9 Å². The molecule has 0 aliphatic carbocycles. The maximum atomic E-state index is 2.46. The second-order valence-corrected chi connectivity index (χ2v) is 4.16. The summed E-state index contributed by atoms with van der Waals surface area (Å²) in [6.07, 6.45) is 7.05. The molecule has 0 rings (SSSR count). The summed E-state index contributed by atoms with van der Waals surface area (Å²) < 4.78 is 1.33. The monoisotopic (exact) mass is 254 g/mol. The van der Waals surface area contributed by atoms with Gasteiger partial charge in [0.05, 0.1) is 0 Å². The second kappa shape index (κ2) is 7.83. The Hall–Kier alpha value is 0.730. The van der Waals surface area contributed by atoms with Gasteiger partial charge in [-0.1, -0.05) is 55.7 Å². The third-order valence-electron chi connectivity index (χ3n) is 1.88. The average molecular weight is 254 g/mol. The van der Waals surface area contributed by atoms with E-state index >= 15 is 0 Å². The molecule has 1 unspecified atom stereocenters. The quantitative estimate of drug-likeness (QED) is 0.496. The van der Waals surface area contributed by atoms with Gasteiger partial charge in [0.15, 0.2) is 0 Å². The lowest BCUT2D eigenvalue weighted by molar-refractivity contribution is 0.469. The number of hydrogen-bond donors (Lipinski definition) is 0. The lowest BCUT2D eigenvalue weighted by Gasteiger charge is -2.08. The molecule has 0 fully saturated rings. The van der Waals surface area contributed by atoms with Gasteiger partial charge < -0.3 is 0 Å². The minimum absolute atomic E-state index is 0.967. The van der Waals surface area contributed by atoms with E-state index in [2.05, 4.69) is 36.4 Å². The topological polar surface area (TPSA) is 0 Å². The van der Waals surface area contributed by atoms with Crippen LogP contribution in [0.1, 0.15) is 46.0 Å². The highest BCUT2D eigenvalue weighted by Crippen LogP contribution is 2.14. The minimum atomic E-state index is 0.967. The molecule has 0 saturated carbocycles. The van der Waals surface area contributed by atoms with Crippen molar-refractivity contribution in [2.24, 2.45) is 5.92 Å². The van der Waals surface area contributed by atoms with Crippen LogP contribution in [0.3, 0.4) is 0 Å².